The third-order valence-electron chi connectivity index (χ3n) is 4.09. The van der Waals surface area contributed by atoms with Crippen LogP contribution in [0.3, 0.4) is 0 Å². The minimum Gasteiger partial charge on any atom is -0.380 e. The molecular formula is C20H24F2O3. The predicted molar refractivity (Wildman–Crippen MR) is 92.1 cm³/mol. The van der Waals surface area contributed by atoms with Gasteiger partial charge in [-0.25, -0.2) is 8.78 Å². The number of hydrogen-bond donors (Lipinski definition) is 1. The number of halogens is 2. The van der Waals surface area contributed by atoms with E-state index in [1.54, 1.807) is 0 Å². The highest BCUT2D eigenvalue weighted by Crippen LogP contribution is 2.35. The first kappa shape index (κ1) is 19.5. The number of hydrogen-bond acceptors (Lipinski definition) is 3. The summed E-state index contributed by atoms with van der Waals surface area (Å²) in [6.45, 7) is 4.74. The molecule has 0 aliphatic rings. The van der Waals surface area contributed by atoms with E-state index in [1.165, 1.54) is 48.5 Å². The lowest BCUT2D eigenvalue weighted by Crippen LogP contribution is -2.30. The Hall–Kier alpha value is -1.82. The van der Waals surface area contributed by atoms with E-state index in [1.807, 2.05) is 13.8 Å². The summed E-state index contributed by atoms with van der Waals surface area (Å²) in [6, 6.07) is 11.3. The molecule has 0 atom stereocenters. The zero-order chi connectivity index (χ0) is 18.3. The molecule has 0 heterocycles. The van der Waals surface area contributed by atoms with E-state index < -0.39 is 11.9 Å². The fourth-order valence-electron chi connectivity index (χ4n) is 2.82. The molecule has 5 heteroatoms. The normalized spacial score (nSPS) is 11.9. The highest BCUT2D eigenvalue weighted by molar-refractivity contribution is 5.36. The van der Waals surface area contributed by atoms with Gasteiger partial charge in [0.2, 0.25) is 0 Å². The molecule has 0 amide bonds. The third kappa shape index (κ3) is 5.08. The number of aliphatic hydroxyl groups is 1. The molecule has 0 unspecified atom stereocenters. The smallest absolute Gasteiger partial charge is 0.157 e. The first-order valence-corrected chi connectivity index (χ1v) is 8.47. The average molecular weight is 350 g/mol. The first-order valence-electron chi connectivity index (χ1n) is 8.47. The molecule has 25 heavy (non-hydrogen) atoms. The molecule has 3 nitrogen and oxygen atoms in total. The van der Waals surface area contributed by atoms with Gasteiger partial charge in [0.15, 0.2) is 6.29 Å². The summed E-state index contributed by atoms with van der Waals surface area (Å²) in [4.78, 5) is 0. The molecule has 0 aliphatic heterocycles. The van der Waals surface area contributed by atoms with Gasteiger partial charge in [-0.3, -0.25) is 0 Å². The van der Waals surface area contributed by atoms with Crippen molar-refractivity contribution in [2.45, 2.75) is 38.6 Å². The molecule has 0 fully saturated rings. The zero-order valence-electron chi connectivity index (χ0n) is 14.5. The Kier molecular flexibility index (Phi) is 7.05. The summed E-state index contributed by atoms with van der Waals surface area (Å²) in [5.41, 5.74) is -0.326. The van der Waals surface area contributed by atoms with Gasteiger partial charge in [0.05, 0.1) is 0 Å². The molecule has 0 saturated heterocycles. The summed E-state index contributed by atoms with van der Waals surface area (Å²) in [5.74, 6) is -0.765. The molecule has 2 aromatic rings. The maximum absolute atomic E-state index is 13.3. The first-order chi connectivity index (χ1) is 12.0. The van der Waals surface area contributed by atoms with Gasteiger partial charge < -0.3 is 14.6 Å². The van der Waals surface area contributed by atoms with Crippen molar-refractivity contribution < 1.29 is 23.4 Å². The standard InChI is InChI=1S/C20H24F2O3/c1-3-24-19(25-4-2)13-14-20(23,15-5-9-17(21)10-6-15)16-7-11-18(22)12-8-16/h5-12,19,23H,3-4,13-14H2,1-2H3. The van der Waals surface area contributed by atoms with Gasteiger partial charge in [-0.1, -0.05) is 24.3 Å². The molecule has 0 bridgehead atoms. The Balaban J connectivity index is 2.31. The van der Waals surface area contributed by atoms with Crippen LogP contribution in [0.5, 0.6) is 0 Å². The van der Waals surface area contributed by atoms with Crippen molar-refractivity contribution in [2.24, 2.45) is 0 Å². The van der Waals surface area contributed by atoms with Crippen molar-refractivity contribution in [1.82, 2.24) is 0 Å². The van der Waals surface area contributed by atoms with Gasteiger partial charge in [-0.05, 0) is 55.7 Å². The van der Waals surface area contributed by atoms with Crippen LogP contribution < -0.4 is 0 Å². The highest BCUT2D eigenvalue weighted by Gasteiger charge is 2.32. The monoisotopic (exact) mass is 350 g/mol. The van der Waals surface area contributed by atoms with Crippen molar-refractivity contribution in [3.63, 3.8) is 0 Å². The van der Waals surface area contributed by atoms with Crippen LogP contribution in [0.4, 0.5) is 8.78 Å². The van der Waals surface area contributed by atoms with Crippen LogP contribution in [0.15, 0.2) is 48.5 Å². The topological polar surface area (TPSA) is 38.7 Å². The Morgan fingerprint density at radius 3 is 1.60 bits per heavy atom. The van der Waals surface area contributed by atoms with Crippen molar-refractivity contribution in [1.29, 1.82) is 0 Å². The van der Waals surface area contributed by atoms with Crippen LogP contribution in [0, 0.1) is 11.6 Å². The minimum absolute atomic E-state index is 0.287. The van der Waals surface area contributed by atoms with Crippen molar-refractivity contribution in [2.75, 3.05) is 13.2 Å². The maximum atomic E-state index is 13.3. The van der Waals surface area contributed by atoms with Gasteiger partial charge in [0.1, 0.15) is 17.2 Å². The van der Waals surface area contributed by atoms with Crippen molar-refractivity contribution in [3.05, 3.63) is 71.3 Å². The molecule has 136 valence electrons. The van der Waals surface area contributed by atoms with E-state index in [4.69, 9.17) is 9.47 Å². The Labute approximate surface area is 147 Å². The van der Waals surface area contributed by atoms with E-state index in [2.05, 4.69) is 0 Å². The van der Waals surface area contributed by atoms with E-state index in [0.717, 1.165) is 0 Å². The Bertz CT molecular complexity index is 589. The number of benzene rings is 2. The maximum Gasteiger partial charge on any atom is 0.157 e. The molecule has 2 aromatic carbocycles. The molecule has 2 rings (SSSR count). The van der Waals surface area contributed by atoms with E-state index in [9.17, 15) is 13.9 Å². The van der Waals surface area contributed by atoms with Gasteiger partial charge in [0, 0.05) is 19.6 Å². The largest absolute Gasteiger partial charge is 0.380 e. The van der Waals surface area contributed by atoms with E-state index >= 15 is 0 Å². The second kappa shape index (κ2) is 9.04. The molecule has 1 N–H and O–H groups in total. The Morgan fingerprint density at radius 1 is 0.840 bits per heavy atom. The fraction of sp³-hybridized carbons (Fsp3) is 0.400. The summed E-state index contributed by atoms with van der Waals surface area (Å²) in [5, 5.41) is 11.4. The lowest BCUT2D eigenvalue weighted by Gasteiger charge is -2.31. The van der Waals surface area contributed by atoms with Gasteiger partial charge in [-0.2, -0.15) is 0 Å². The van der Waals surface area contributed by atoms with Crippen LogP contribution in [0.1, 0.15) is 37.8 Å². The SMILES string of the molecule is CCOC(CCC(O)(c1ccc(F)cc1)c1ccc(F)cc1)OCC. The zero-order valence-corrected chi connectivity index (χ0v) is 14.5. The second-order valence-corrected chi connectivity index (χ2v) is 5.75. The molecular weight excluding hydrogens is 326 g/mol. The highest BCUT2D eigenvalue weighted by atomic mass is 19.1. The van der Waals surface area contributed by atoms with Gasteiger partial charge >= 0.3 is 0 Å². The lowest BCUT2D eigenvalue weighted by atomic mass is 9.82. The summed E-state index contributed by atoms with van der Waals surface area (Å²) in [6.07, 6.45) is 0.282. The van der Waals surface area contributed by atoms with Crippen LogP contribution in [0.25, 0.3) is 0 Å². The van der Waals surface area contributed by atoms with E-state index in [-0.39, 0.29) is 18.1 Å². The van der Waals surface area contributed by atoms with E-state index in [0.29, 0.717) is 30.8 Å². The summed E-state index contributed by atoms with van der Waals surface area (Å²) >= 11 is 0. The summed E-state index contributed by atoms with van der Waals surface area (Å²) in [7, 11) is 0. The third-order valence-corrected chi connectivity index (χ3v) is 4.09. The van der Waals surface area contributed by atoms with Gasteiger partial charge in [-0.15, -0.1) is 0 Å². The van der Waals surface area contributed by atoms with Crippen molar-refractivity contribution in [3.8, 4) is 0 Å². The van der Waals surface area contributed by atoms with Crippen LogP contribution in [-0.2, 0) is 15.1 Å². The van der Waals surface area contributed by atoms with Crippen LogP contribution in [-0.4, -0.2) is 24.6 Å². The van der Waals surface area contributed by atoms with Crippen LogP contribution >= 0.6 is 0 Å². The lowest BCUT2D eigenvalue weighted by molar-refractivity contribution is -0.146. The van der Waals surface area contributed by atoms with Gasteiger partial charge in [0.25, 0.3) is 0 Å². The van der Waals surface area contributed by atoms with Crippen LogP contribution in [0.2, 0.25) is 0 Å². The molecule has 0 spiro atoms. The fourth-order valence-corrected chi connectivity index (χ4v) is 2.82. The molecule has 0 radical (unpaired) electrons. The number of ether oxygens (including phenoxy) is 2. The predicted octanol–water partition coefficient (Wildman–Crippen LogP) is 4.38. The quantitative estimate of drug-likeness (QED) is 0.682. The van der Waals surface area contributed by atoms with Crippen molar-refractivity contribution >= 4 is 0 Å². The number of rotatable bonds is 9. The molecule has 0 aromatic heterocycles. The molecule has 0 aliphatic carbocycles. The summed E-state index contributed by atoms with van der Waals surface area (Å²) < 4.78 is 37.6. The second-order valence-electron chi connectivity index (χ2n) is 5.75. The Morgan fingerprint density at radius 2 is 1.24 bits per heavy atom. The minimum atomic E-state index is -1.39. The molecule has 0 saturated carbocycles. The average Bonchev–Trinajstić information content (AvgIpc) is 2.61.